The van der Waals surface area contributed by atoms with Crippen molar-refractivity contribution in [3.63, 3.8) is 0 Å². The van der Waals surface area contributed by atoms with Crippen LogP contribution in [0.1, 0.15) is 41.5 Å². The summed E-state index contributed by atoms with van der Waals surface area (Å²) in [5.74, 6) is 0. The van der Waals surface area contributed by atoms with Crippen LogP contribution >= 0.6 is 0 Å². The Morgan fingerprint density at radius 3 is 1.08 bits per heavy atom. The first-order valence-corrected chi connectivity index (χ1v) is 7.53. The van der Waals surface area contributed by atoms with E-state index in [2.05, 4.69) is 41.5 Å². The molecule has 0 bridgehead atoms. The third-order valence-corrected chi connectivity index (χ3v) is 10.7. The summed E-state index contributed by atoms with van der Waals surface area (Å²) < 4.78 is 0. The molecule has 0 atom stereocenters. The highest BCUT2D eigenvalue weighted by Crippen LogP contribution is 2.40. The Balaban J connectivity index is 4.77. The predicted molar refractivity (Wildman–Crippen MR) is 60.1 cm³/mol. The summed E-state index contributed by atoms with van der Waals surface area (Å²) in [6.45, 7) is 14.1. The molecular formula is C10H25NSi. The van der Waals surface area contributed by atoms with Crippen LogP contribution in [0.15, 0.2) is 0 Å². The molecule has 0 rings (SSSR count). The maximum Gasteiger partial charge on any atom is 0.0759 e. The van der Waals surface area contributed by atoms with E-state index >= 15 is 0 Å². The molecular weight excluding hydrogens is 162 g/mol. The molecule has 12 heavy (non-hydrogen) atoms. The van der Waals surface area contributed by atoms with Crippen LogP contribution in [-0.4, -0.2) is 14.2 Å². The van der Waals surface area contributed by atoms with Gasteiger partial charge in [-0.1, -0.05) is 41.5 Å². The number of nitrogens with two attached hydrogens (primary N) is 1. The van der Waals surface area contributed by atoms with Crippen molar-refractivity contribution in [2.75, 3.05) is 6.17 Å². The highest BCUT2D eigenvalue weighted by atomic mass is 28.3. The molecule has 0 aromatic carbocycles. The molecule has 0 unspecified atom stereocenters. The van der Waals surface area contributed by atoms with E-state index < -0.39 is 8.07 Å². The normalized spacial score (nSPS) is 13.5. The smallest absolute Gasteiger partial charge is 0.0759 e. The predicted octanol–water partition coefficient (Wildman–Crippen LogP) is 3.16. The summed E-state index contributed by atoms with van der Waals surface area (Å²) in [5, 5.41) is 0. The summed E-state index contributed by atoms with van der Waals surface area (Å²) in [7, 11) is -1.22. The van der Waals surface area contributed by atoms with Gasteiger partial charge in [0.2, 0.25) is 0 Å². The largest absolute Gasteiger partial charge is 0.333 e. The summed E-state index contributed by atoms with van der Waals surface area (Å²) in [4.78, 5) is 0. The second-order valence-electron chi connectivity index (χ2n) is 4.78. The van der Waals surface area contributed by atoms with E-state index in [4.69, 9.17) is 5.73 Å². The third kappa shape index (κ3) is 1.91. The lowest BCUT2D eigenvalue weighted by Crippen LogP contribution is -2.51. The van der Waals surface area contributed by atoms with Crippen molar-refractivity contribution in [1.29, 1.82) is 0 Å². The number of rotatable bonds is 4. The molecule has 0 aromatic rings. The van der Waals surface area contributed by atoms with Crippen molar-refractivity contribution in [3.8, 4) is 0 Å². The number of hydrogen-bond acceptors (Lipinski definition) is 1. The highest BCUT2D eigenvalue weighted by Gasteiger charge is 2.40. The SMILES string of the molecule is CC(C)[Si](CN)(C(C)C)C(C)C. The van der Waals surface area contributed by atoms with E-state index in [9.17, 15) is 0 Å². The summed E-state index contributed by atoms with van der Waals surface area (Å²) in [5.41, 5.74) is 8.40. The molecule has 0 heterocycles. The molecule has 0 aromatic heterocycles. The van der Waals surface area contributed by atoms with Crippen LogP contribution < -0.4 is 5.73 Å². The highest BCUT2D eigenvalue weighted by molar-refractivity contribution is 6.83. The Hall–Kier alpha value is 0.177. The van der Waals surface area contributed by atoms with Crippen LogP contribution in [0.5, 0.6) is 0 Å². The molecule has 0 radical (unpaired) electrons. The lowest BCUT2D eigenvalue weighted by molar-refractivity contribution is 0.801. The van der Waals surface area contributed by atoms with Crippen molar-refractivity contribution in [2.24, 2.45) is 5.73 Å². The van der Waals surface area contributed by atoms with Gasteiger partial charge in [-0.2, -0.15) is 0 Å². The molecule has 0 fully saturated rings. The molecule has 0 spiro atoms. The minimum Gasteiger partial charge on any atom is -0.333 e. The van der Waals surface area contributed by atoms with Gasteiger partial charge in [-0.3, -0.25) is 0 Å². The van der Waals surface area contributed by atoms with Crippen LogP contribution in [0.3, 0.4) is 0 Å². The quantitative estimate of drug-likeness (QED) is 0.672. The van der Waals surface area contributed by atoms with Crippen LogP contribution in [0, 0.1) is 0 Å². The number of hydrogen-bond donors (Lipinski definition) is 1. The first-order chi connectivity index (χ1) is 5.39. The molecule has 0 aliphatic carbocycles. The second-order valence-corrected chi connectivity index (χ2v) is 10.9. The molecule has 0 amide bonds. The van der Waals surface area contributed by atoms with E-state index in [1.807, 2.05) is 0 Å². The van der Waals surface area contributed by atoms with Crippen molar-refractivity contribution in [3.05, 3.63) is 0 Å². The van der Waals surface area contributed by atoms with E-state index in [0.29, 0.717) is 0 Å². The van der Waals surface area contributed by atoms with Crippen LogP contribution in [0.25, 0.3) is 0 Å². The van der Waals surface area contributed by atoms with E-state index in [0.717, 1.165) is 22.8 Å². The average Bonchev–Trinajstić information content (AvgIpc) is 1.86. The minimum absolute atomic E-state index is 0.808. The summed E-state index contributed by atoms with van der Waals surface area (Å²) in [6, 6.07) is 0. The second kappa shape index (κ2) is 4.42. The Kier molecular flexibility index (Phi) is 4.49. The molecule has 1 nitrogen and oxygen atoms in total. The Bertz CT molecular complexity index is 108. The van der Waals surface area contributed by atoms with E-state index in [1.165, 1.54) is 0 Å². The summed E-state index contributed by atoms with van der Waals surface area (Å²) >= 11 is 0. The van der Waals surface area contributed by atoms with Crippen molar-refractivity contribution in [2.45, 2.75) is 58.2 Å². The summed E-state index contributed by atoms with van der Waals surface area (Å²) in [6.07, 6.45) is 0.944. The first kappa shape index (κ1) is 12.2. The molecule has 74 valence electrons. The zero-order valence-electron chi connectivity index (χ0n) is 9.52. The minimum atomic E-state index is -1.22. The van der Waals surface area contributed by atoms with Crippen LogP contribution in [0.2, 0.25) is 16.6 Å². The third-order valence-electron chi connectivity index (χ3n) is 3.58. The van der Waals surface area contributed by atoms with Gasteiger partial charge in [-0.25, -0.2) is 0 Å². The van der Waals surface area contributed by atoms with Gasteiger partial charge in [0.1, 0.15) is 0 Å². The lowest BCUT2D eigenvalue weighted by Gasteiger charge is -2.42. The van der Waals surface area contributed by atoms with Crippen molar-refractivity contribution >= 4 is 8.07 Å². The first-order valence-electron chi connectivity index (χ1n) is 5.09. The van der Waals surface area contributed by atoms with Gasteiger partial charge >= 0.3 is 0 Å². The van der Waals surface area contributed by atoms with Crippen molar-refractivity contribution < 1.29 is 0 Å². The molecule has 0 saturated heterocycles. The zero-order valence-corrected chi connectivity index (χ0v) is 10.5. The molecule has 2 N–H and O–H groups in total. The standard InChI is InChI=1S/C10H25NSi/c1-8(2)12(7-11,9(3)4)10(5)6/h8-10H,7,11H2,1-6H3. The van der Waals surface area contributed by atoms with Gasteiger partial charge < -0.3 is 5.73 Å². The Morgan fingerprint density at radius 2 is 1.08 bits per heavy atom. The van der Waals surface area contributed by atoms with Gasteiger partial charge in [0, 0.05) is 0 Å². The van der Waals surface area contributed by atoms with Crippen LogP contribution in [-0.2, 0) is 0 Å². The fourth-order valence-electron chi connectivity index (χ4n) is 2.71. The van der Waals surface area contributed by atoms with Gasteiger partial charge in [-0.05, 0) is 22.8 Å². The van der Waals surface area contributed by atoms with Crippen LogP contribution in [0.4, 0.5) is 0 Å². The Morgan fingerprint density at radius 1 is 0.833 bits per heavy atom. The fraction of sp³-hybridized carbons (Fsp3) is 1.00. The van der Waals surface area contributed by atoms with Gasteiger partial charge in [0.25, 0.3) is 0 Å². The van der Waals surface area contributed by atoms with Gasteiger partial charge in [0.05, 0.1) is 8.07 Å². The van der Waals surface area contributed by atoms with E-state index in [-0.39, 0.29) is 0 Å². The van der Waals surface area contributed by atoms with Gasteiger partial charge in [0.15, 0.2) is 0 Å². The molecule has 2 heteroatoms. The monoisotopic (exact) mass is 187 g/mol. The lowest BCUT2D eigenvalue weighted by atomic mass is 10.5. The average molecular weight is 187 g/mol. The maximum absolute atomic E-state index is 5.97. The van der Waals surface area contributed by atoms with Crippen molar-refractivity contribution in [1.82, 2.24) is 0 Å². The van der Waals surface area contributed by atoms with E-state index in [1.54, 1.807) is 0 Å². The Labute approximate surface area is 78.7 Å². The molecule has 0 aliphatic heterocycles. The topological polar surface area (TPSA) is 26.0 Å². The molecule has 0 aliphatic rings. The van der Waals surface area contributed by atoms with Gasteiger partial charge in [-0.15, -0.1) is 0 Å². The molecule has 0 saturated carbocycles. The maximum atomic E-state index is 5.97. The fourth-order valence-corrected chi connectivity index (χ4v) is 8.12. The zero-order chi connectivity index (χ0) is 9.94.